The van der Waals surface area contributed by atoms with Crippen LogP contribution in [0.4, 0.5) is 0 Å². The zero-order valence-electron chi connectivity index (χ0n) is 10.2. The van der Waals surface area contributed by atoms with Crippen molar-refractivity contribution >= 4 is 6.08 Å². The molecule has 1 aliphatic heterocycles. The number of benzene rings is 1. The second kappa shape index (κ2) is 6.58. The average molecular weight is 232 g/mol. The van der Waals surface area contributed by atoms with E-state index in [2.05, 4.69) is 30.8 Å². The third-order valence-corrected chi connectivity index (χ3v) is 2.93. The van der Waals surface area contributed by atoms with Crippen molar-refractivity contribution in [3.05, 3.63) is 42.0 Å². The molecule has 1 unspecified atom stereocenters. The molecule has 0 radical (unpaired) electrons. The van der Waals surface area contributed by atoms with Crippen LogP contribution in [0.1, 0.15) is 24.0 Å². The number of aryl methyl sites for hydroxylation is 1. The molecule has 0 aromatic heterocycles. The molecular weight excluding hydrogens is 212 g/mol. The van der Waals surface area contributed by atoms with Gasteiger partial charge in [0.25, 0.3) is 0 Å². The molecular formula is C15H20O2. The standard InChI is InChI=1S/C15H20O2/c1-2-13-5-3-6-14(11-13)7-4-9-16-10-8-15-12-17-15/h2-3,5-6,11,15H,1,4,7-10,12H2. The number of rotatable bonds is 8. The lowest BCUT2D eigenvalue weighted by molar-refractivity contribution is 0.123. The zero-order valence-corrected chi connectivity index (χ0v) is 10.2. The van der Waals surface area contributed by atoms with Crippen molar-refractivity contribution in [3.8, 4) is 0 Å². The SMILES string of the molecule is C=Cc1cccc(CCCOCCC2CO2)c1. The Morgan fingerprint density at radius 2 is 2.29 bits per heavy atom. The fraction of sp³-hybridized carbons (Fsp3) is 0.467. The molecule has 1 aromatic carbocycles. The molecule has 1 atom stereocenters. The van der Waals surface area contributed by atoms with Crippen LogP contribution in [-0.2, 0) is 15.9 Å². The molecule has 0 aliphatic carbocycles. The van der Waals surface area contributed by atoms with Crippen LogP contribution in [-0.4, -0.2) is 25.9 Å². The Morgan fingerprint density at radius 1 is 1.41 bits per heavy atom. The van der Waals surface area contributed by atoms with Gasteiger partial charge in [0.1, 0.15) is 0 Å². The largest absolute Gasteiger partial charge is 0.381 e. The van der Waals surface area contributed by atoms with Crippen LogP contribution in [0.25, 0.3) is 6.08 Å². The van der Waals surface area contributed by atoms with Gasteiger partial charge in [0.05, 0.1) is 12.7 Å². The molecule has 0 bridgehead atoms. The average Bonchev–Trinajstić information content (AvgIpc) is 3.18. The van der Waals surface area contributed by atoms with Gasteiger partial charge in [0.15, 0.2) is 0 Å². The molecule has 2 heteroatoms. The topological polar surface area (TPSA) is 21.8 Å². The maximum Gasteiger partial charge on any atom is 0.0831 e. The van der Waals surface area contributed by atoms with Gasteiger partial charge >= 0.3 is 0 Å². The Morgan fingerprint density at radius 3 is 3.06 bits per heavy atom. The molecule has 0 spiro atoms. The molecule has 1 aromatic rings. The fourth-order valence-electron chi connectivity index (χ4n) is 1.81. The van der Waals surface area contributed by atoms with Gasteiger partial charge in [-0.2, -0.15) is 0 Å². The summed E-state index contributed by atoms with van der Waals surface area (Å²) in [4.78, 5) is 0. The van der Waals surface area contributed by atoms with Crippen molar-refractivity contribution in [2.75, 3.05) is 19.8 Å². The molecule has 1 saturated heterocycles. The highest BCUT2D eigenvalue weighted by Crippen LogP contribution is 2.13. The van der Waals surface area contributed by atoms with Gasteiger partial charge in [-0.15, -0.1) is 0 Å². The van der Waals surface area contributed by atoms with Crippen LogP contribution < -0.4 is 0 Å². The van der Waals surface area contributed by atoms with Crippen molar-refractivity contribution in [2.24, 2.45) is 0 Å². The lowest BCUT2D eigenvalue weighted by Crippen LogP contribution is -2.01. The van der Waals surface area contributed by atoms with E-state index in [0.29, 0.717) is 6.10 Å². The Balaban J connectivity index is 1.58. The van der Waals surface area contributed by atoms with Crippen molar-refractivity contribution in [2.45, 2.75) is 25.4 Å². The zero-order chi connectivity index (χ0) is 11.9. The maximum absolute atomic E-state index is 5.56. The van der Waals surface area contributed by atoms with Crippen LogP contribution in [0.15, 0.2) is 30.8 Å². The monoisotopic (exact) mass is 232 g/mol. The van der Waals surface area contributed by atoms with E-state index < -0.39 is 0 Å². The molecule has 0 N–H and O–H groups in total. The molecule has 1 heterocycles. The van der Waals surface area contributed by atoms with E-state index in [1.165, 1.54) is 11.1 Å². The van der Waals surface area contributed by atoms with Crippen molar-refractivity contribution < 1.29 is 9.47 Å². The summed E-state index contributed by atoms with van der Waals surface area (Å²) in [5.41, 5.74) is 2.55. The van der Waals surface area contributed by atoms with Gasteiger partial charge in [-0.05, 0) is 30.4 Å². The van der Waals surface area contributed by atoms with Gasteiger partial charge in [0, 0.05) is 13.2 Å². The second-order valence-electron chi connectivity index (χ2n) is 4.41. The maximum atomic E-state index is 5.56. The summed E-state index contributed by atoms with van der Waals surface area (Å²) in [7, 11) is 0. The highest BCUT2D eigenvalue weighted by atomic mass is 16.6. The Bertz CT molecular complexity index is 356. The summed E-state index contributed by atoms with van der Waals surface area (Å²) in [5, 5.41) is 0. The quantitative estimate of drug-likeness (QED) is 0.507. The molecule has 1 fully saturated rings. The van der Waals surface area contributed by atoms with Crippen LogP contribution in [0, 0.1) is 0 Å². The summed E-state index contributed by atoms with van der Waals surface area (Å²) in [5.74, 6) is 0. The Kier molecular flexibility index (Phi) is 4.77. The van der Waals surface area contributed by atoms with Gasteiger partial charge < -0.3 is 9.47 Å². The first kappa shape index (κ1) is 12.3. The van der Waals surface area contributed by atoms with E-state index in [1.54, 1.807) is 0 Å². The summed E-state index contributed by atoms with van der Waals surface area (Å²) < 4.78 is 10.7. The third-order valence-electron chi connectivity index (χ3n) is 2.93. The van der Waals surface area contributed by atoms with Gasteiger partial charge in [-0.1, -0.05) is 36.9 Å². The lowest BCUT2D eigenvalue weighted by atomic mass is 10.1. The summed E-state index contributed by atoms with van der Waals surface area (Å²) in [6, 6.07) is 8.50. The van der Waals surface area contributed by atoms with Crippen molar-refractivity contribution in [1.29, 1.82) is 0 Å². The van der Waals surface area contributed by atoms with E-state index in [-0.39, 0.29) is 0 Å². The number of hydrogen-bond donors (Lipinski definition) is 0. The summed E-state index contributed by atoms with van der Waals surface area (Å²) in [6.07, 6.45) is 5.56. The van der Waals surface area contributed by atoms with Crippen LogP contribution in [0.5, 0.6) is 0 Å². The molecule has 0 saturated carbocycles. The first-order chi connectivity index (χ1) is 8.38. The number of epoxide rings is 1. The highest BCUT2D eigenvalue weighted by molar-refractivity contribution is 5.47. The van der Waals surface area contributed by atoms with Crippen LogP contribution >= 0.6 is 0 Å². The third kappa shape index (κ3) is 4.72. The summed E-state index contributed by atoms with van der Waals surface area (Å²) in [6.45, 7) is 6.38. The molecule has 2 rings (SSSR count). The van der Waals surface area contributed by atoms with Crippen molar-refractivity contribution in [1.82, 2.24) is 0 Å². The number of ether oxygens (including phenoxy) is 2. The normalized spacial score (nSPS) is 18.0. The minimum absolute atomic E-state index is 0.485. The van der Waals surface area contributed by atoms with E-state index >= 15 is 0 Å². The molecule has 2 nitrogen and oxygen atoms in total. The minimum Gasteiger partial charge on any atom is -0.381 e. The molecule has 17 heavy (non-hydrogen) atoms. The highest BCUT2D eigenvalue weighted by Gasteiger charge is 2.21. The van der Waals surface area contributed by atoms with Crippen molar-refractivity contribution in [3.63, 3.8) is 0 Å². The van der Waals surface area contributed by atoms with Gasteiger partial charge in [-0.3, -0.25) is 0 Å². The number of hydrogen-bond acceptors (Lipinski definition) is 2. The summed E-state index contributed by atoms with van der Waals surface area (Å²) >= 11 is 0. The smallest absolute Gasteiger partial charge is 0.0831 e. The predicted molar refractivity (Wildman–Crippen MR) is 70.0 cm³/mol. The minimum atomic E-state index is 0.485. The van der Waals surface area contributed by atoms with Crippen LogP contribution in [0.2, 0.25) is 0 Å². The first-order valence-electron chi connectivity index (χ1n) is 6.29. The first-order valence-corrected chi connectivity index (χ1v) is 6.29. The van der Waals surface area contributed by atoms with Crippen LogP contribution in [0.3, 0.4) is 0 Å². The Hall–Kier alpha value is -1.12. The lowest BCUT2D eigenvalue weighted by Gasteiger charge is -2.04. The predicted octanol–water partition coefficient (Wildman–Crippen LogP) is 3.07. The molecule has 1 aliphatic rings. The van der Waals surface area contributed by atoms with Gasteiger partial charge in [0.2, 0.25) is 0 Å². The molecule has 92 valence electrons. The van der Waals surface area contributed by atoms with Gasteiger partial charge in [-0.25, -0.2) is 0 Å². The van der Waals surface area contributed by atoms with E-state index in [0.717, 1.165) is 39.1 Å². The van der Waals surface area contributed by atoms with E-state index in [4.69, 9.17) is 9.47 Å². The Labute approximate surface area is 103 Å². The molecule has 0 amide bonds. The fourth-order valence-corrected chi connectivity index (χ4v) is 1.81. The second-order valence-corrected chi connectivity index (χ2v) is 4.41. The van der Waals surface area contributed by atoms with E-state index in [9.17, 15) is 0 Å². The van der Waals surface area contributed by atoms with E-state index in [1.807, 2.05) is 6.08 Å².